The molecule has 92 valence electrons. The highest BCUT2D eigenvalue weighted by atomic mass is 79.9. The summed E-state index contributed by atoms with van der Waals surface area (Å²) in [5, 5.41) is 19.6. The molecule has 1 aromatic rings. The summed E-state index contributed by atoms with van der Waals surface area (Å²) < 4.78 is 0.857. The first-order valence-electron chi connectivity index (χ1n) is 5.62. The lowest BCUT2D eigenvalue weighted by molar-refractivity contribution is -0.147. The monoisotopic (exact) mass is 298 g/mol. The number of aromatic hydroxyl groups is 1. The molecule has 2 N–H and O–H groups in total. The Labute approximate surface area is 109 Å². The zero-order chi connectivity index (χ0) is 12.8. The van der Waals surface area contributed by atoms with Gasteiger partial charge in [-0.1, -0.05) is 22.4 Å². The van der Waals surface area contributed by atoms with Gasteiger partial charge in [0.15, 0.2) is 0 Å². The van der Waals surface area contributed by atoms with Gasteiger partial charge in [-0.15, -0.1) is 0 Å². The van der Waals surface area contributed by atoms with Gasteiger partial charge in [0.2, 0.25) is 0 Å². The Hall–Kier alpha value is -1.03. The van der Waals surface area contributed by atoms with Crippen LogP contribution < -0.4 is 0 Å². The molecule has 2 rings (SSSR count). The van der Waals surface area contributed by atoms with Crippen LogP contribution in [0.4, 0.5) is 0 Å². The normalized spacial score (nSPS) is 17.6. The van der Waals surface area contributed by atoms with E-state index in [-0.39, 0.29) is 5.75 Å². The Morgan fingerprint density at radius 2 is 2.00 bits per heavy atom. The molecule has 0 unspecified atom stereocenters. The van der Waals surface area contributed by atoms with Crippen LogP contribution in [-0.4, -0.2) is 16.2 Å². The van der Waals surface area contributed by atoms with Gasteiger partial charge >= 0.3 is 5.97 Å². The van der Waals surface area contributed by atoms with Crippen LogP contribution in [0.2, 0.25) is 0 Å². The fourth-order valence-electron chi connectivity index (χ4n) is 2.55. The largest absolute Gasteiger partial charge is 0.507 e. The van der Waals surface area contributed by atoms with Gasteiger partial charge < -0.3 is 10.2 Å². The minimum Gasteiger partial charge on any atom is -0.507 e. The van der Waals surface area contributed by atoms with Gasteiger partial charge in [-0.2, -0.15) is 0 Å². The zero-order valence-corrected chi connectivity index (χ0v) is 11.5. The molecule has 0 heterocycles. The number of hydrogen-bond donors (Lipinski definition) is 2. The van der Waals surface area contributed by atoms with Crippen LogP contribution in [0.5, 0.6) is 5.75 Å². The van der Waals surface area contributed by atoms with Crippen LogP contribution in [0, 0.1) is 13.8 Å². The van der Waals surface area contributed by atoms with Crippen LogP contribution in [0.3, 0.4) is 0 Å². The number of carboxylic acids is 1. The molecule has 17 heavy (non-hydrogen) atoms. The third-order valence-corrected chi connectivity index (χ3v) is 4.61. The molecule has 1 aliphatic carbocycles. The quantitative estimate of drug-likeness (QED) is 0.881. The Morgan fingerprint density at radius 3 is 2.41 bits per heavy atom. The lowest BCUT2D eigenvalue weighted by Gasteiger charge is -2.39. The summed E-state index contributed by atoms with van der Waals surface area (Å²) in [5.41, 5.74) is 1.24. The number of halogens is 1. The number of hydrogen-bond acceptors (Lipinski definition) is 2. The van der Waals surface area contributed by atoms with Crippen molar-refractivity contribution in [3.8, 4) is 5.75 Å². The summed E-state index contributed by atoms with van der Waals surface area (Å²) >= 11 is 3.42. The summed E-state index contributed by atoms with van der Waals surface area (Å²) in [6.45, 7) is 3.64. The van der Waals surface area contributed by atoms with E-state index >= 15 is 0 Å². The van der Waals surface area contributed by atoms with Crippen molar-refractivity contribution in [3.63, 3.8) is 0 Å². The first kappa shape index (κ1) is 12.4. The van der Waals surface area contributed by atoms with E-state index in [1.807, 2.05) is 13.0 Å². The molecular formula is C13H15BrO3. The van der Waals surface area contributed by atoms with Crippen molar-refractivity contribution in [1.82, 2.24) is 0 Å². The molecule has 0 spiro atoms. The van der Waals surface area contributed by atoms with Gasteiger partial charge in [-0.3, -0.25) is 4.79 Å². The molecule has 1 aromatic carbocycles. The number of aryl methyl sites for hydroxylation is 1. The molecule has 0 saturated heterocycles. The predicted molar refractivity (Wildman–Crippen MR) is 68.4 cm³/mol. The summed E-state index contributed by atoms with van der Waals surface area (Å²) in [4.78, 5) is 11.5. The van der Waals surface area contributed by atoms with Crippen molar-refractivity contribution in [3.05, 3.63) is 27.2 Å². The van der Waals surface area contributed by atoms with Crippen LogP contribution >= 0.6 is 15.9 Å². The van der Waals surface area contributed by atoms with Crippen molar-refractivity contribution in [2.45, 2.75) is 38.5 Å². The summed E-state index contributed by atoms with van der Waals surface area (Å²) in [5.74, 6) is -0.701. The smallest absolute Gasteiger partial charge is 0.314 e. The standard InChI is InChI=1S/C13H15BrO3/c1-7-6-9(14)8(2)10(11(7)15)13(12(16)17)4-3-5-13/h6,15H,3-5H2,1-2H3,(H,16,17). The van der Waals surface area contributed by atoms with Crippen LogP contribution in [0.15, 0.2) is 10.5 Å². The van der Waals surface area contributed by atoms with Crippen molar-refractivity contribution in [2.75, 3.05) is 0 Å². The molecule has 0 atom stereocenters. The van der Waals surface area contributed by atoms with Crippen molar-refractivity contribution < 1.29 is 15.0 Å². The maximum absolute atomic E-state index is 11.5. The molecule has 0 radical (unpaired) electrons. The van der Waals surface area contributed by atoms with E-state index in [2.05, 4.69) is 15.9 Å². The Morgan fingerprint density at radius 1 is 1.41 bits per heavy atom. The number of phenolic OH excluding ortho intramolecular Hbond substituents is 1. The average molecular weight is 299 g/mol. The van der Waals surface area contributed by atoms with Crippen molar-refractivity contribution >= 4 is 21.9 Å². The highest BCUT2D eigenvalue weighted by molar-refractivity contribution is 9.10. The second kappa shape index (κ2) is 4.02. The fraction of sp³-hybridized carbons (Fsp3) is 0.462. The van der Waals surface area contributed by atoms with E-state index in [0.29, 0.717) is 24.0 Å². The minimum atomic E-state index is -0.886. The Bertz CT molecular complexity index is 464. The van der Waals surface area contributed by atoms with Crippen molar-refractivity contribution in [1.29, 1.82) is 0 Å². The molecular weight excluding hydrogens is 284 g/mol. The van der Waals surface area contributed by atoms with Crippen LogP contribution in [0.25, 0.3) is 0 Å². The van der Waals surface area contributed by atoms with E-state index in [1.54, 1.807) is 6.92 Å². The number of carbonyl (C=O) groups is 1. The van der Waals surface area contributed by atoms with Gasteiger partial charge in [-0.05, 0) is 43.9 Å². The van der Waals surface area contributed by atoms with Crippen molar-refractivity contribution in [2.24, 2.45) is 0 Å². The summed E-state index contributed by atoms with van der Waals surface area (Å²) in [6, 6.07) is 1.82. The number of phenols is 1. The highest BCUT2D eigenvalue weighted by Gasteiger charge is 2.48. The Kier molecular flexibility index (Phi) is 2.94. The molecule has 0 aromatic heterocycles. The lowest BCUT2D eigenvalue weighted by atomic mass is 9.63. The van der Waals surface area contributed by atoms with E-state index in [1.165, 1.54) is 0 Å². The van der Waals surface area contributed by atoms with E-state index < -0.39 is 11.4 Å². The second-order valence-corrected chi connectivity index (χ2v) is 5.62. The molecule has 1 saturated carbocycles. The zero-order valence-electron chi connectivity index (χ0n) is 9.88. The number of aliphatic carboxylic acids is 1. The highest BCUT2D eigenvalue weighted by Crippen LogP contribution is 2.50. The third kappa shape index (κ3) is 1.66. The van der Waals surface area contributed by atoms with E-state index in [4.69, 9.17) is 0 Å². The molecule has 3 nitrogen and oxygen atoms in total. The Balaban J connectivity index is 2.70. The maximum Gasteiger partial charge on any atom is 0.314 e. The van der Waals surface area contributed by atoms with Gasteiger partial charge in [0.05, 0.1) is 5.41 Å². The molecule has 4 heteroatoms. The molecule has 1 fully saturated rings. The van der Waals surface area contributed by atoms with Crippen LogP contribution in [-0.2, 0) is 10.2 Å². The summed E-state index contributed by atoms with van der Waals surface area (Å²) in [7, 11) is 0. The molecule has 0 bridgehead atoms. The van der Waals surface area contributed by atoms with Gasteiger partial charge in [0.25, 0.3) is 0 Å². The molecule has 0 amide bonds. The molecule has 1 aliphatic rings. The van der Waals surface area contributed by atoms with Gasteiger partial charge in [-0.25, -0.2) is 0 Å². The van der Waals surface area contributed by atoms with Gasteiger partial charge in [0.1, 0.15) is 5.75 Å². The fourth-order valence-corrected chi connectivity index (χ4v) is 3.09. The average Bonchev–Trinajstić information content (AvgIpc) is 2.18. The first-order valence-corrected chi connectivity index (χ1v) is 6.42. The number of rotatable bonds is 2. The number of benzene rings is 1. The summed E-state index contributed by atoms with van der Waals surface area (Å²) in [6.07, 6.45) is 2.11. The van der Waals surface area contributed by atoms with E-state index in [0.717, 1.165) is 16.5 Å². The minimum absolute atomic E-state index is 0.132. The van der Waals surface area contributed by atoms with E-state index in [9.17, 15) is 15.0 Å². The topological polar surface area (TPSA) is 57.5 Å². The molecule has 0 aliphatic heterocycles. The first-order chi connectivity index (χ1) is 7.90. The van der Waals surface area contributed by atoms with Gasteiger partial charge in [0, 0.05) is 10.0 Å². The third-order valence-electron chi connectivity index (χ3n) is 3.78. The lowest BCUT2D eigenvalue weighted by Crippen LogP contribution is -2.43. The SMILES string of the molecule is Cc1cc(Br)c(C)c(C2(C(=O)O)CCC2)c1O. The van der Waals surface area contributed by atoms with Crippen LogP contribution in [0.1, 0.15) is 36.0 Å². The number of carboxylic acid groups (broad SMARTS) is 1. The maximum atomic E-state index is 11.5. The second-order valence-electron chi connectivity index (χ2n) is 4.76. The predicted octanol–water partition coefficient (Wildman–Crippen LogP) is 3.28.